The number of carbonyl (C=O) groups is 1. The molecule has 0 saturated heterocycles. The first-order chi connectivity index (χ1) is 9.18. The van der Waals surface area contributed by atoms with Crippen LogP contribution in [0.5, 0.6) is 0 Å². The molecule has 0 saturated carbocycles. The smallest absolute Gasteiger partial charge is 0.222 e. The molecule has 19 heavy (non-hydrogen) atoms. The summed E-state index contributed by atoms with van der Waals surface area (Å²) < 4.78 is 1.99. The minimum absolute atomic E-state index is 0.0121. The third-order valence-corrected chi connectivity index (χ3v) is 2.79. The van der Waals surface area contributed by atoms with Crippen LogP contribution in [0.2, 0.25) is 0 Å². The highest BCUT2D eigenvalue weighted by Gasteiger charge is 2.08. The van der Waals surface area contributed by atoms with Crippen molar-refractivity contribution in [2.24, 2.45) is 5.92 Å². The fourth-order valence-corrected chi connectivity index (χ4v) is 1.72. The molecule has 0 bridgehead atoms. The minimum atomic E-state index is 0.0121. The normalized spacial score (nSPS) is 10.7. The molecule has 0 radical (unpaired) electrons. The molecule has 0 fully saturated rings. The largest absolute Gasteiger partial charge is 0.354 e. The summed E-state index contributed by atoms with van der Waals surface area (Å²) >= 11 is 0. The van der Waals surface area contributed by atoms with E-state index in [-0.39, 0.29) is 11.8 Å². The summed E-state index contributed by atoms with van der Waals surface area (Å²) in [5.74, 6) is 0.900. The molecule has 0 spiro atoms. The van der Waals surface area contributed by atoms with Crippen LogP contribution in [0.15, 0.2) is 36.8 Å². The molecular weight excluding hydrogens is 240 g/mol. The van der Waals surface area contributed by atoms with E-state index in [2.05, 4.69) is 15.3 Å². The Labute approximate surface area is 112 Å². The van der Waals surface area contributed by atoms with Gasteiger partial charge in [0.2, 0.25) is 5.91 Å². The van der Waals surface area contributed by atoms with Crippen molar-refractivity contribution in [3.05, 3.63) is 36.8 Å². The average molecular weight is 258 g/mol. The van der Waals surface area contributed by atoms with Gasteiger partial charge in [-0.2, -0.15) is 0 Å². The maximum atomic E-state index is 11.5. The van der Waals surface area contributed by atoms with E-state index in [9.17, 15) is 4.79 Å². The molecular formula is C14H18N4O. The molecule has 1 amide bonds. The predicted octanol–water partition coefficient (Wildman–Crippen LogP) is 1.72. The Hall–Kier alpha value is -2.17. The van der Waals surface area contributed by atoms with Crippen LogP contribution in [0, 0.1) is 5.92 Å². The van der Waals surface area contributed by atoms with Crippen molar-refractivity contribution in [1.82, 2.24) is 19.9 Å². The Bertz CT molecular complexity index is 533. The average Bonchev–Trinajstić information content (AvgIpc) is 2.88. The monoisotopic (exact) mass is 258 g/mol. The molecule has 0 unspecified atom stereocenters. The van der Waals surface area contributed by atoms with E-state index < -0.39 is 0 Å². The lowest BCUT2D eigenvalue weighted by atomic mass is 10.2. The highest BCUT2D eigenvalue weighted by Crippen LogP contribution is 2.13. The topological polar surface area (TPSA) is 59.8 Å². The van der Waals surface area contributed by atoms with E-state index in [1.54, 1.807) is 12.4 Å². The molecule has 2 aromatic heterocycles. The molecule has 5 heteroatoms. The van der Waals surface area contributed by atoms with Gasteiger partial charge in [0.25, 0.3) is 0 Å². The van der Waals surface area contributed by atoms with E-state index in [0.29, 0.717) is 13.1 Å². The Morgan fingerprint density at radius 3 is 2.84 bits per heavy atom. The van der Waals surface area contributed by atoms with Gasteiger partial charge in [-0.25, -0.2) is 4.98 Å². The van der Waals surface area contributed by atoms with Crippen LogP contribution < -0.4 is 5.32 Å². The number of hydrogen-bond donors (Lipinski definition) is 1. The highest BCUT2D eigenvalue weighted by molar-refractivity contribution is 5.77. The number of amides is 1. The molecule has 2 heterocycles. The fraction of sp³-hybridized carbons (Fsp3) is 0.357. The lowest BCUT2D eigenvalue weighted by Crippen LogP contribution is -2.30. The van der Waals surface area contributed by atoms with Crippen LogP contribution in [-0.2, 0) is 11.3 Å². The van der Waals surface area contributed by atoms with E-state index in [0.717, 1.165) is 11.5 Å². The number of nitrogens with zero attached hydrogens (tertiary/aromatic N) is 3. The van der Waals surface area contributed by atoms with Crippen molar-refractivity contribution in [3.8, 4) is 11.5 Å². The summed E-state index contributed by atoms with van der Waals surface area (Å²) in [6, 6.07) is 5.73. The zero-order valence-corrected chi connectivity index (χ0v) is 11.2. The van der Waals surface area contributed by atoms with Crippen molar-refractivity contribution >= 4 is 5.91 Å². The second kappa shape index (κ2) is 6.13. The van der Waals surface area contributed by atoms with Gasteiger partial charge in [0.1, 0.15) is 5.69 Å². The van der Waals surface area contributed by atoms with Gasteiger partial charge in [0.05, 0.1) is 0 Å². The molecule has 0 aliphatic carbocycles. The SMILES string of the molecule is CC(C)C(=O)NCCn1ccnc1-c1ccccn1. The first kappa shape index (κ1) is 13.3. The number of rotatable bonds is 5. The standard InChI is InChI=1S/C14H18N4O/c1-11(2)14(19)17-8-10-18-9-7-16-13(18)12-5-3-4-6-15-12/h3-7,9,11H,8,10H2,1-2H3,(H,17,19). The molecule has 2 rings (SSSR count). The number of pyridine rings is 1. The summed E-state index contributed by atoms with van der Waals surface area (Å²) in [6.07, 6.45) is 5.38. The Morgan fingerprint density at radius 2 is 2.16 bits per heavy atom. The third-order valence-electron chi connectivity index (χ3n) is 2.79. The van der Waals surface area contributed by atoms with Crippen LogP contribution >= 0.6 is 0 Å². The zero-order valence-electron chi connectivity index (χ0n) is 11.2. The molecule has 2 aromatic rings. The number of aromatic nitrogens is 3. The van der Waals surface area contributed by atoms with Crippen LogP contribution in [-0.4, -0.2) is 27.0 Å². The summed E-state index contributed by atoms with van der Waals surface area (Å²) in [7, 11) is 0. The molecule has 0 aliphatic heterocycles. The number of nitrogens with one attached hydrogen (secondary N) is 1. The second-order valence-electron chi connectivity index (χ2n) is 4.60. The molecule has 100 valence electrons. The summed E-state index contributed by atoms with van der Waals surface area (Å²) in [5, 5.41) is 2.89. The van der Waals surface area contributed by atoms with Gasteiger partial charge in [0, 0.05) is 37.6 Å². The number of imidazole rings is 1. The van der Waals surface area contributed by atoms with Crippen molar-refractivity contribution in [2.75, 3.05) is 6.54 Å². The lowest BCUT2D eigenvalue weighted by Gasteiger charge is -2.10. The van der Waals surface area contributed by atoms with Crippen LogP contribution in [0.25, 0.3) is 11.5 Å². The van der Waals surface area contributed by atoms with Gasteiger partial charge >= 0.3 is 0 Å². The van der Waals surface area contributed by atoms with Gasteiger partial charge in [-0.05, 0) is 12.1 Å². The predicted molar refractivity (Wildman–Crippen MR) is 73.3 cm³/mol. The zero-order chi connectivity index (χ0) is 13.7. The van der Waals surface area contributed by atoms with Gasteiger partial charge < -0.3 is 9.88 Å². The quantitative estimate of drug-likeness (QED) is 0.888. The molecule has 1 N–H and O–H groups in total. The Kier molecular flexibility index (Phi) is 4.28. The van der Waals surface area contributed by atoms with Crippen molar-refractivity contribution < 1.29 is 4.79 Å². The van der Waals surface area contributed by atoms with Gasteiger partial charge in [-0.3, -0.25) is 9.78 Å². The lowest BCUT2D eigenvalue weighted by molar-refractivity contribution is -0.123. The molecule has 0 atom stereocenters. The van der Waals surface area contributed by atoms with E-state index in [4.69, 9.17) is 0 Å². The van der Waals surface area contributed by atoms with Gasteiger partial charge in [-0.1, -0.05) is 19.9 Å². The fourth-order valence-electron chi connectivity index (χ4n) is 1.72. The molecule has 0 aromatic carbocycles. The van der Waals surface area contributed by atoms with Crippen molar-refractivity contribution in [3.63, 3.8) is 0 Å². The molecule has 5 nitrogen and oxygen atoms in total. The highest BCUT2D eigenvalue weighted by atomic mass is 16.1. The van der Waals surface area contributed by atoms with Crippen molar-refractivity contribution in [1.29, 1.82) is 0 Å². The summed E-state index contributed by atoms with van der Waals surface area (Å²) in [4.78, 5) is 20.1. The van der Waals surface area contributed by atoms with E-state index in [1.165, 1.54) is 0 Å². The Morgan fingerprint density at radius 1 is 1.32 bits per heavy atom. The van der Waals surface area contributed by atoms with Crippen LogP contribution in [0.1, 0.15) is 13.8 Å². The molecule has 0 aliphatic rings. The summed E-state index contributed by atoms with van der Waals surface area (Å²) in [5.41, 5.74) is 0.836. The number of carbonyl (C=O) groups excluding carboxylic acids is 1. The van der Waals surface area contributed by atoms with Crippen LogP contribution in [0.3, 0.4) is 0 Å². The van der Waals surface area contributed by atoms with Gasteiger partial charge in [0.15, 0.2) is 5.82 Å². The van der Waals surface area contributed by atoms with Crippen LogP contribution in [0.4, 0.5) is 0 Å². The number of hydrogen-bond acceptors (Lipinski definition) is 3. The first-order valence-corrected chi connectivity index (χ1v) is 6.38. The maximum Gasteiger partial charge on any atom is 0.222 e. The summed E-state index contributed by atoms with van der Waals surface area (Å²) in [6.45, 7) is 5.04. The van der Waals surface area contributed by atoms with E-state index >= 15 is 0 Å². The van der Waals surface area contributed by atoms with Gasteiger partial charge in [-0.15, -0.1) is 0 Å². The minimum Gasteiger partial charge on any atom is -0.354 e. The Balaban J connectivity index is 1.99. The van der Waals surface area contributed by atoms with E-state index in [1.807, 2.05) is 42.8 Å². The third kappa shape index (κ3) is 3.40. The second-order valence-corrected chi connectivity index (χ2v) is 4.60. The first-order valence-electron chi connectivity index (χ1n) is 6.38. The van der Waals surface area contributed by atoms with Crippen molar-refractivity contribution in [2.45, 2.75) is 20.4 Å². The maximum absolute atomic E-state index is 11.5.